The number of fused-ring (bicyclic) bond motifs is 2. The van der Waals surface area contributed by atoms with Crippen LogP contribution in [0.15, 0.2) is 18.2 Å². The molecule has 0 bridgehead atoms. The lowest BCUT2D eigenvalue weighted by Gasteiger charge is -2.16. The number of phenols is 1. The van der Waals surface area contributed by atoms with Gasteiger partial charge in [0.05, 0.1) is 41.7 Å². The molecule has 11 nitrogen and oxygen atoms in total. The quantitative estimate of drug-likeness (QED) is 0.163. The van der Waals surface area contributed by atoms with Gasteiger partial charge in [-0.2, -0.15) is 0 Å². The normalized spacial score (nSPS) is 13.8. The minimum atomic E-state index is -1.12. The maximum absolute atomic E-state index is 15.2. The zero-order valence-electron chi connectivity index (χ0n) is 24.1. The molecule has 3 N–H and O–H groups in total. The first-order valence-electron chi connectivity index (χ1n) is 13.7. The van der Waals surface area contributed by atoms with Gasteiger partial charge in [0, 0.05) is 43.3 Å². The van der Waals surface area contributed by atoms with Gasteiger partial charge in [-0.05, 0) is 23.8 Å². The van der Waals surface area contributed by atoms with Crippen LogP contribution in [0.2, 0.25) is 0 Å². The van der Waals surface area contributed by atoms with Crippen LogP contribution in [-0.4, -0.2) is 64.2 Å². The second kappa shape index (κ2) is 13.5. The molecule has 0 unspecified atom stereocenters. The van der Waals surface area contributed by atoms with Crippen LogP contribution in [0, 0.1) is 23.5 Å². The van der Waals surface area contributed by atoms with Gasteiger partial charge in [0.1, 0.15) is 0 Å². The summed E-state index contributed by atoms with van der Waals surface area (Å²) >= 11 is 0.815. The number of carboxylic acids is 2. The Morgan fingerprint density at radius 2 is 1.57 bits per heavy atom. The van der Waals surface area contributed by atoms with E-state index in [9.17, 15) is 28.7 Å². The van der Waals surface area contributed by atoms with E-state index < -0.39 is 52.8 Å². The number of benzene rings is 2. The van der Waals surface area contributed by atoms with Crippen molar-refractivity contribution in [1.82, 2.24) is 4.90 Å². The van der Waals surface area contributed by atoms with Crippen LogP contribution >= 0.6 is 11.3 Å². The fourth-order valence-corrected chi connectivity index (χ4v) is 5.68. The molecule has 0 saturated heterocycles. The van der Waals surface area contributed by atoms with E-state index in [2.05, 4.69) is 0 Å². The largest absolute Gasteiger partial charge is 0.502 e. The molecular formula is C30H31F2NO10S. The van der Waals surface area contributed by atoms with Gasteiger partial charge < -0.3 is 34.4 Å². The maximum atomic E-state index is 15.2. The van der Waals surface area contributed by atoms with Crippen molar-refractivity contribution in [3.8, 4) is 23.0 Å². The Morgan fingerprint density at radius 1 is 0.932 bits per heavy atom. The van der Waals surface area contributed by atoms with E-state index in [-0.39, 0.29) is 78.0 Å². The molecule has 14 heteroatoms. The van der Waals surface area contributed by atoms with E-state index in [4.69, 9.17) is 24.4 Å². The zero-order chi connectivity index (χ0) is 32.3. The van der Waals surface area contributed by atoms with Crippen LogP contribution in [0.4, 0.5) is 8.78 Å². The maximum Gasteiger partial charge on any atom is 0.306 e. The van der Waals surface area contributed by atoms with Gasteiger partial charge in [0.2, 0.25) is 5.91 Å². The highest BCUT2D eigenvalue weighted by atomic mass is 32.1. The molecule has 1 aromatic heterocycles. The van der Waals surface area contributed by atoms with Crippen LogP contribution < -0.4 is 14.2 Å². The summed E-state index contributed by atoms with van der Waals surface area (Å²) in [6.45, 7) is 2.88. The zero-order valence-corrected chi connectivity index (χ0v) is 25.0. The predicted molar refractivity (Wildman–Crippen MR) is 153 cm³/mol. The number of amides is 1. The number of phenolic OH excluding ortho intramolecular Hbond substituents is 1. The number of ether oxygens (including phenoxy) is 3. The third-order valence-electron chi connectivity index (χ3n) is 7.23. The summed E-state index contributed by atoms with van der Waals surface area (Å²) in [5.74, 6) is -7.46. The fourth-order valence-electron chi connectivity index (χ4n) is 4.66. The summed E-state index contributed by atoms with van der Waals surface area (Å²) in [5, 5.41) is 28.7. The van der Waals surface area contributed by atoms with Gasteiger partial charge >= 0.3 is 11.9 Å². The smallest absolute Gasteiger partial charge is 0.306 e. The molecule has 0 aliphatic carbocycles. The fraction of sp³-hybridized carbons (Fsp3) is 0.400. The number of thiophene rings is 1. The molecule has 3 aromatic rings. The third kappa shape index (κ3) is 6.85. The lowest BCUT2D eigenvalue weighted by Crippen LogP contribution is -2.28. The molecule has 44 heavy (non-hydrogen) atoms. The summed E-state index contributed by atoms with van der Waals surface area (Å²) in [7, 11) is 1.27. The number of carboxylic acid groups (broad SMARTS) is 2. The number of carbonyl (C=O) groups is 4. The Kier molecular flexibility index (Phi) is 9.92. The number of ketones is 1. The molecule has 1 aliphatic rings. The van der Waals surface area contributed by atoms with Gasteiger partial charge in [-0.15, -0.1) is 11.3 Å². The van der Waals surface area contributed by atoms with E-state index in [0.717, 1.165) is 11.3 Å². The minimum absolute atomic E-state index is 0.0235. The second-order valence-corrected chi connectivity index (χ2v) is 11.6. The molecule has 236 valence electrons. The Hall–Kier alpha value is -4.46. The van der Waals surface area contributed by atoms with Gasteiger partial charge in [0.25, 0.3) is 0 Å². The summed E-state index contributed by atoms with van der Waals surface area (Å²) < 4.78 is 46.6. The number of Topliss-reactive ketones (excluding diaryl/α,β-unsaturated/α-hetero) is 1. The van der Waals surface area contributed by atoms with Gasteiger partial charge in [-0.25, -0.2) is 8.78 Å². The molecule has 2 heterocycles. The first-order valence-corrected chi connectivity index (χ1v) is 14.5. The van der Waals surface area contributed by atoms with Crippen molar-refractivity contribution in [2.24, 2.45) is 11.8 Å². The van der Waals surface area contributed by atoms with Crippen molar-refractivity contribution in [1.29, 1.82) is 0 Å². The molecule has 2 atom stereocenters. The first kappa shape index (κ1) is 32.5. The van der Waals surface area contributed by atoms with E-state index in [1.54, 1.807) is 6.07 Å². The molecule has 0 spiro atoms. The summed E-state index contributed by atoms with van der Waals surface area (Å²) in [6.07, 6.45) is -0.227. The number of nitrogens with zero attached hydrogens (tertiary/aromatic N) is 1. The number of hydrogen-bond acceptors (Lipinski definition) is 9. The van der Waals surface area contributed by atoms with Crippen LogP contribution in [0.3, 0.4) is 0 Å². The van der Waals surface area contributed by atoms with E-state index in [1.165, 1.54) is 38.0 Å². The van der Waals surface area contributed by atoms with Crippen molar-refractivity contribution in [3.63, 3.8) is 0 Å². The average molecular weight is 636 g/mol. The number of halogens is 2. The lowest BCUT2D eigenvalue weighted by atomic mass is 10.0. The summed E-state index contributed by atoms with van der Waals surface area (Å²) in [4.78, 5) is 48.7. The van der Waals surface area contributed by atoms with Crippen LogP contribution in [0.5, 0.6) is 23.0 Å². The number of aliphatic carboxylic acids is 2. The SMILES string of the molecule is COc1c(OCCCOc2cc3cc(C(=O)C[C@H](C)C(=O)O)sc3c(F)c2O)cc2c(c1F)CN(C(=O)C[C@H](C)C(=O)O)C2. The number of aromatic hydroxyl groups is 1. The molecule has 0 saturated carbocycles. The van der Waals surface area contributed by atoms with Crippen molar-refractivity contribution >= 4 is 45.1 Å². The number of rotatable bonds is 14. The summed E-state index contributed by atoms with van der Waals surface area (Å²) in [6, 6.07) is 4.37. The van der Waals surface area contributed by atoms with Gasteiger partial charge in [-0.1, -0.05) is 13.8 Å². The Morgan fingerprint density at radius 3 is 2.20 bits per heavy atom. The minimum Gasteiger partial charge on any atom is -0.502 e. The highest BCUT2D eigenvalue weighted by molar-refractivity contribution is 7.20. The van der Waals surface area contributed by atoms with Crippen LogP contribution in [0.1, 0.15) is 53.9 Å². The van der Waals surface area contributed by atoms with Crippen molar-refractivity contribution in [2.45, 2.75) is 46.2 Å². The molecule has 1 amide bonds. The molecule has 1 aliphatic heterocycles. The number of hydrogen-bond donors (Lipinski definition) is 3. The van der Waals surface area contributed by atoms with E-state index in [0.29, 0.717) is 10.9 Å². The van der Waals surface area contributed by atoms with E-state index >= 15 is 4.39 Å². The Balaban J connectivity index is 1.37. The molecular weight excluding hydrogens is 604 g/mol. The predicted octanol–water partition coefficient (Wildman–Crippen LogP) is 4.99. The first-order chi connectivity index (χ1) is 20.8. The van der Waals surface area contributed by atoms with E-state index in [1.807, 2.05) is 0 Å². The van der Waals surface area contributed by atoms with Crippen LogP contribution in [0.25, 0.3) is 10.1 Å². The lowest BCUT2D eigenvalue weighted by molar-refractivity contribution is -0.145. The highest BCUT2D eigenvalue weighted by Gasteiger charge is 2.31. The summed E-state index contributed by atoms with van der Waals surface area (Å²) in [5.41, 5.74) is 0.766. The third-order valence-corrected chi connectivity index (χ3v) is 8.41. The van der Waals surface area contributed by atoms with Crippen molar-refractivity contribution < 1.29 is 57.5 Å². The Labute approximate surface area is 254 Å². The molecule has 0 radical (unpaired) electrons. The standard InChI is InChI=1S/C30H31F2NO10S/c1-14(29(37)38)7-19(34)22-11-16-9-20(26(36)25(32)28(16)44-22)42-5-4-6-43-21-10-17-12-33(23(35)8-15(2)30(39)40)13-18(17)24(31)27(21)41-3/h9-11,14-15,36H,4-8,12-13H2,1-3H3,(H,37,38)(H,39,40)/t14-,15-/m0/s1. The average Bonchev–Trinajstić information content (AvgIpc) is 3.60. The van der Waals surface area contributed by atoms with Gasteiger partial charge in [-0.3, -0.25) is 19.2 Å². The Bertz CT molecular complexity index is 1620. The van der Waals surface area contributed by atoms with Gasteiger partial charge in [0.15, 0.2) is 40.4 Å². The van der Waals surface area contributed by atoms with Crippen molar-refractivity contribution in [3.05, 3.63) is 45.8 Å². The monoisotopic (exact) mass is 635 g/mol. The number of carbonyl (C=O) groups excluding carboxylic acids is 2. The number of methoxy groups -OCH3 is 1. The van der Waals surface area contributed by atoms with Crippen LogP contribution in [-0.2, 0) is 27.5 Å². The van der Waals surface area contributed by atoms with Crippen molar-refractivity contribution in [2.75, 3.05) is 20.3 Å². The topological polar surface area (TPSA) is 160 Å². The molecule has 0 fully saturated rings. The highest BCUT2D eigenvalue weighted by Crippen LogP contribution is 2.41. The molecule has 4 rings (SSSR count). The second-order valence-electron chi connectivity index (χ2n) is 10.5. The molecule has 2 aromatic carbocycles.